The first-order valence-corrected chi connectivity index (χ1v) is 10.2. The molecule has 2 saturated carbocycles. The SMILES string of the molecule is C=CC[C@]12CCCC=C1CC[C@@H]1C2=CC[C@@]2(C)[C@H]1CC[C@@]2(O)C#CC. The molecule has 0 aliphatic heterocycles. The summed E-state index contributed by atoms with van der Waals surface area (Å²) >= 11 is 0. The van der Waals surface area contributed by atoms with Gasteiger partial charge in [0, 0.05) is 10.8 Å². The fourth-order valence-corrected chi connectivity index (χ4v) is 6.87. The zero-order valence-electron chi connectivity index (χ0n) is 15.9. The molecular formula is C24H32O. The normalized spacial score (nSPS) is 45.1. The van der Waals surface area contributed by atoms with Gasteiger partial charge >= 0.3 is 0 Å². The Morgan fingerprint density at radius 2 is 2.16 bits per heavy atom. The Labute approximate surface area is 153 Å². The molecule has 1 N–H and O–H groups in total. The number of fused-ring (bicyclic) bond motifs is 5. The summed E-state index contributed by atoms with van der Waals surface area (Å²) < 4.78 is 0. The summed E-state index contributed by atoms with van der Waals surface area (Å²) in [6.07, 6.45) is 17.5. The molecule has 0 aromatic heterocycles. The predicted molar refractivity (Wildman–Crippen MR) is 104 cm³/mol. The topological polar surface area (TPSA) is 20.2 Å². The summed E-state index contributed by atoms with van der Waals surface area (Å²) in [5, 5.41) is 11.3. The van der Waals surface area contributed by atoms with E-state index in [4.69, 9.17) is 0 Å². The van der Waals surface area contributed by atoms with Crippen molar-refractivity contribution in [3.05, 3.63) is 36.0 Å². The van der Waals surface area contributed by atoms with Crippen molar-refractivity contribution in [2.45, 2.75) is 77.2 Å². The molecule has 0 bridgehead atoms. The standard InChI is InChI=1S/C24H32O/c1-4-13-23-15-7-6-8-18(23)9-10-19-20-12-17-24(25,14-5-2)22(20,3)16-11-21(19)23/h4,8,11,19-20,25H,1,6-7,9-10,12-13,15-17H2,2-3H3/t19-,20-,22-,23-,24-/m0/s1. The van der Waals surface area contributed by atoms with Gasteiger partial charge in [0.15, 0.2) is 0 Å². The molecule has 4 rings (SSSR count). The van der Waals surface area contributed by atoms with Crippen LogP contribution in [0.5, 0.6) is 0 Å². The quantitative estimate of drug-likeness (QED) is 0.516. The highest BCUT2D eigenvalue weighted by Crippen LogP contribution is 2.66. The van der Waals surface area contributed by atoms with Gasteiger partial charge in [-0.3, -0.25) is 0 Å². The second-order valence-electron chi connectivity index (χ2n) is 9.00. The molecule has 1 nitrogen and oxygen atoms in total. The molecule has 1 heteroatoms. The summed E-state index contributed by atoms with van der Waals surface area (Å²) in [6, 6.07) is 0. The smallest absolute Gasteiger partial charge is 0.131 e. The number of rotatable bonds is 2. The number of allylic oxidation sites excluding steroid dienone is 5. The van der Waals surface area contributed by atoms with Crippen LogP contribution in [-0.2, 0) is 0 Å². The van der Waals surface area contributed by atoms with Crippen molar-refractivity contribution in [3.63, 3.8) is 0 Å². The maximum atomic E-state index is 11.3. The zero-order chi connectivity index (χ0) is 17.7. The van der Waals surface area contributed by atoms with Crippen molar-refractivity contribution >= 4 is 0 Å². The van der Waals surface area contributed by atoms with Crippen LogP contribution < -0.4 is 0 Å². The molecule has 0 heterocycles. The summed E-state index contributed by atoms with van der Waals surface area (Å²) in [5.74, 6) is 7.41. The third-order valence-electron chi connectivity index (χ3n) is 8.13. The molecule has 25 heavy (non-hydrogen) atoms. The fraction of sp³-hybridized carbons (Fsp3) is 0.667. The van der Waals surface area contributed by atoms with Gasteiger partial charge in [-0.15, -0.1) is 12.5 Å². The van der Waals surface area contributed by atoms with Gasteiger partial charge < -0.3 is 5.11 Å². The third kappa shape index (κ3) is 2.20. The van der Waals surface area contributed by atoms with Crippen LogP contribution in [0.1, 0.15) is 71.6 Å². The van der Waals surface area contributed by atoms with Crippen molar-refractivity contribution in [1.82, 2.24) is 0 Å². The number of hydrogen-bond donors (Lipinski definition) is 1. The third-order valence-corrected chi connectivity index (χ3v) is 8.13. The van der Waals surface area contributed by atoms with Crippen molar-refractivity contribution in [3.8, 4) is 11.8 Å². The van der Waals surface area contributed by atoms with Crippen molar-refractivity contribution < 1.29 is 5.11 Å². The molecule has 0 unspecified atom stereocenters. The lowest BCUT2D eigenvalue weighted by atomic mass is 9.49. The predicted octanol–water partition coefficient (Wildman–Crippen LogP) is 5.57. The highest BCUT2D eigenvalue weighted by molar-refractivity contribution is 5.41. The maximum absolute atomic E-state index is 11.3. The molecule has 4 aliphatic rings. The second-order valence-corrected chi connectivity index (χ2v) is 9.00. The van der Waals surface area contributed by atoms with Gasteiger partial charge in [-0.2, -0.15) is 0 Å². The summed E-state index contributed by atoms with van der Waals surface area (Å²) in [5.41, 5.74) is 2.74. The average Bonchev–Trinajstić information content (AvgIpc) is 2.86. The van der Waals surface area contributed by atoms with E-state index in [0.717, 1.165) is 25.7 Å². The Morgan fingerprint density at radius 3 is 2.92 bits per heavy atom. The van der Waals surface area contributed by atoms with E-state index in [9.17, 15) is 5.11 Å². The van der Waals surface area contributed by atoms with E-state index < -0.39 is 5.60 Å². The Morgan fingerprint density at radius 1 is 1.32 bits per heavy atom. The molecule has 5 atom stereocenters. The van der Waals surface area contributed by atoms with E-state index in [-0.39, 0.29) is 10.8 Å². The van der Waals surface area contributed by atoms with Gasteiger partial charge in [-0.05, 0) is 76.5 Å². The first-order chi connectivity index (χ1) is 12.0. The Balaban J connectivity index is 1.79. The van der Waals surface area contributed by atoms with Crippen LogP contribution in [-0.4, -0.2) is 10.7 Å². The van der Waals surface area contributed by atoms with Crippen LogP contribution >= 0.6 is 0 Å². The largest absolute Gasteiger partial charge is 0.377 e. The molecule has 0 spiro atoms. The summed E-state index contributed by atoms with van der Waals surface area (Å²) in [7, 11) is 0. The molecule has 0 amide bonds. The first-order valence-electron chi connectivity index (χ1n) is 10.2. The van der Waals surface area contributed by atoms with Gasteiger partial charge in [0.05, 0.1) is 0 Å². The minimum Gasteiger partial charge on any atom is -0.377 e. The van der Waals surface area contributed by atoms with Crippen molar-refractivity contribution in [2.24, 2.45) is 22.7 Å². The molecular weight excluding hydrogens is 304 g/mol. The van der Waals surface area contributed by atoms with Crippen LogP contribution in [0.2, 0.25) is 0 Å². The van der Waals surface area contributed by atoms with Gasteiger partial charge in [-0.1, -0.05) is 42.2 Å². The Kier molecular flexibility index (Phi) is 4.04. The van der Waals surface area contributed by atoms with Crippen molar-refractivity contribution in [2.75, 3.05) is 0 Å². The van der Waals surface area contributed by atoms with E-state index in [1.807, 2.05) is 6.92 Å². The molecule has 0 aromatic carbocycles. The van der Waals surface area contributed by atoms with Crippen LogP contribution in [0, 0.1) is 34.5 Å². The highest BCUT2D eigenvalue weighted by Gasteiger charge is 2.61. The molecule has 134 valence electrons. The molecule has 2 fully saturated rings. The van der Waals surface area contributed by atoms with Crippen LogP contribution in [0.3, 0.4) is 0 Å². The zero-order valence-corrected chi connectivity index (χ0v) is 15.9. The summed E-state index contributed by atoms with van der Waals surface area (Å²) in [4.78, 5) is 0. The highest BCUT2D eigenvalue weighted by atomic mass is 16.3. The van der Waals surface area contributed by atoms with E-state index in [0.29, 0.717) is 11.8 Å². The maximum Gasteiger partial charge on any atom is 0.131 e. The monoisotopic (exact) mass is 336 g/mol. The summed E-state index contributed by atoms with van der Waals surface area (Å²) in [6.45, 7) is 8.25. The molecule has 4 aliphatic carbocycles. The van der Waals surface area contributed by atoms with E-state index in [2.05, 4.69) is 43.6 Å². The first kappa shape index (κ1) is 17.2. The number of aliphatic hydroxyl groups is 1. The number of hydrogen-bond acceptors (Lipinski definition) is 1. The lowest BCUT2D eigenvalue weighted by Crippen LogP contribution is -2.50. The minimum absolute atomic E-state index is 0.0879. The van der Waals surface area contributed by atoms with Gasteiger partial charge in [0.25, 0.3) is 0 Å². The lowest BCUT2D eigenvalue weighted by molar-refractivity contribution is -0.0379. The molecule has 0 aromatic rings. The minimum atomic E-state index is -0.803. The molecule has 0 saturated heterocycles. The van der Waals surface area contributed by atoms with Gasteiger partial charge in [-0.25, -0.2) is 0 Å². The van der Waals surface area contributed by atoms with Crippen LogP contribution in [0.4, 0.5) is 0 Å². The Hall–Kier alpha value is -1.26. The molecule has 0 radical (unpaired) electrons. The van der Waals surface area contributed by atoms with Gasteiger partial charge in [0.1, 0.15) is 5.60 Å². The van der Waals surface area contributed by atoms with Crippen LogP contribution in [0.25, 0.3) is 0 Å². The lowest BCUT2D eigenvalue weighted by Gasteiger charge is -2.55. The fourth-order valence-electron chi connectivity index (χ4n) is 6.87. The average molecular weight is 337 g/mol. The van der Waals surface area contributed by atoms with E-state index >= 15 is 0 Å². The van der Waals surface area contributed by atoms with E-state index in [1.165, 1.54) is 32.1 Å². The van der Waals surface area contributed by atoms with Gasteiger partial charge in [0.2, 0.25) is 0 Å². The second kappa shape index (κ2) is 5.88. The van der Waals surface area contributed by atoms with Crippen molar-refractivity contribution in [1.29, 1.82) is 0 Å². The Bertz CT molecular complexity index is 701. The van der Waals surface area contributed by atoms with E-state index in [1.54, 1.807) is 11.1 Å². The van der Waals surface area contributed by atoms with Crippen LogP contribution in [0.15, 0.2) is 36.0 Å².